The molecule has 0 radical (unpaired) electrons. The van der Waals surface area contributed by atoms with Crippen LogP contribution in [0.2, 0.25) is 0 Å². The third-order valence-electron chi connectivity index (χ3n) is 3.88. The second-order valence-corrected chi connectivity index (χ2v) is 6.27. The number of rotatable bonds is 6. The second-order valence-electron chi connectivity index (χ2n) is 5.55. The van der Waals surface area contributed by atoms with E-state index in [1.54, 1.807) is 5.51 Å². The Morgan fingerprint density at radius 2 is 2.44 bits per heavy atom. The van der Waals surface area contributed by atoms with Gasteiger partial charge in [-0.3, -0.25) is 9.59 Å². The molecule has 0 bridgehead atoms. The van der Waals surface area contributed by atoms with Crippen LogP contribution in [0.15, 0.2) is 27.9 Å². The average Bonchev–Trinajstić information content (AvgIpc) is 3.14. The van der Waals surface area contributed by atoms with Crippen LogP contribution in [0.4, 0.5) is 0 Å². The highest BCUT2D eigenvalue weighted by Gasteiger charge is 2.28. The van der Waals surface area contributed by atoms with Gasteiger partial charge in [0.2, 0.25) is 5.43 Å². The van der Waals surface area contributed by atoms with Crippen molar-refractivity contribution in [1.29, 1.82) is 0 Å². The van der Waals surface area contributed by atoms with E-state index in [1.165, 1.54) is 30.7 Å². The van der Waals surface area contributed by atoms with Crippen molar-refractivity contribution >= 4 is 17.2 Å². The summed E-state index contributed by atoms with van der Waals surface area (Å²) in [6.45, 7) is 1.32. The lowest BCUT2D eigenvalue weighted by atomic mass is 10.1. The fourth-order valence-corrected chi connectivity index (χ4v) is 3.09. The van der Waals surface area contributed by atoms with Gasteiger partial charge in [0.05, 0.1) is 43.7 Å². The smallest absolute Gasteiger partial charge is 0.268 e. The van der Waals surface area contributed by atoms with E-state index in [9.17, 15) is 9.59 Å². The number of aromatic nitrogens is 2. The Bertz CT molecular complexity index is 761. The Labute approximate surface area is 148 Å². The van der Waals surface area contributed by atoms with Gasteiger partial charge < -0.3 is 24.5 Å². The normalized spacial score (nSPS) is 20.2. The number of methoxy groups -OCH3 is 1. The lowest BCUT2D eigenvalue weighted by molar-refractivity contribution is -0.0612. The maximum absolute atomic E-state index is 12.4. The summed E-state index contributed by atoms with van der Waals surface area (Å²) >= 11 is 1.51. The first-order valence-electron chi connectivity index (χ1n) is 7.81. The van der Waals surface area contributed by atoms with Crippen molar-refractivity contribution in [2.45, 2.75) is 25.2 Å². The highest BCUT2D eigenvalue weighted by Crippen LogP contribution is 2.15. The van der Waals surface area contributed by atoms with Crippen molar-refractivity contribution in [3.63, 3.8) is 0 Å². The average molecular weight is 365 g/mol. The van der Waals surface area contributed by atoms with Crippen LogP contribution in [0.25, 0.3) is 0 Å². The first-order chi connectivity index (χ1) is 12.2. The highest BCUT2D eigenvalue weighted by molar-refractivity contribution is 7.07. The van der Waals surface area contributed by atoms with Gasteiger partial charge in [0, 0.05) is 24.3 Å². The minimum atomic E-state index is -0.391. The Balaban J connectivity index is 1.63. The molecule has 1 fully saturated rings. The van der Waals surface area contributed by atoms with Crippen molar-refractivity contribution in [2.75, 3.05) is 20.3 Å². The molecule has 1 amide bonds. The van der Waals surface area contributed by atoms with Crippen LogP contribution in [0.5, 0.6) is 5.75 Å². The Morgan fingerprint density at radius 1 is 1.56 bits per heavy atom. The van der Waals surface area contributed by atoms with E-state index in [1.807, 2.05) is 5.38 Å². The number of thiazole rings is 1. The van der Waals surface area contributed by atoms with E-state index in [0.29, 0.717) is 26.2 Å². The fraction of sp³-hybridized carbons (Fsp3) is 0.438. The first-order valence-corrected chi connectivity index (χ1v) is 8.75. The molecule has 134 valence electrons. The molecule has 0 aliphatic carbocycles. The molecule has 1 saturated heterocycles. The maximum atomic E-state index is 12.4. The van der Waals surface area contributed by atoms with E-state index >= 15 is 0 Å². The minimum Gasteiger partial charge on any atom is -0.491 e. The van der Waals surface area contributed by atoms with Gasteiger partial charge in [0.15, 0.2) is 5.75 Å². The molecule has 0 saturated carbocycles. The molecule has 3 rings (SSSR count). The summed E-state index contributed by atoms with van der Waals surface area (Å²) in [4.78, 5) is 31.1. The van der Waals surface area contributed by atoms with Crippen LogP contribution in [0.3, 0.4) is 0 Å². The molecule has 25 heavy (non-hydrogen) atoms. The third kappa shape index (κ3) is 4.44. The first kappa shape index (κ1) is 17.6. The standard InChI is InChI=1S/C16H19N3O5S/c1-22-15-5-17-11(4-13(15)20)16(21)19-12-7-23-3-2-14(12)24-6-10-8-25-9-18-10/h4-5,8-9,12,14H,2-3,6-7H2,1H3,(H,17,20)(H,19,21)/t12-,14+/m1/s1. The Morgan fingerprint density at radius 3 is 3.16 bits per heavy atom. The second kappa shape index (κ2) is 8.24. The zero-order valence-electron chi connectivity index (χ0n) is 13.7. The molecule has 0 unspecified atom stereocenters. The van der Waals surface area contributed by atoms with Gasteiger partial charge in [0.1, 0.15) is 5.69 Å². The number of carbonyl (C=O) groups is 1. The third-order valence-corrected chi connectivity index (χ3v) is 4.52. The highest BCUT2D eigenvalue weighted by atomic mass is 32.1. The van der Waals surface area contributed by atoms with Crippen molar-refractivity contribution in [2.24, 2.45) is 0 Å². The van der Waals surface area contributed by atoms with Crippen molar-refractivity contribution in [1.82, 2.24) is 15.3 Å². The van der Waals surface area contributed by atoms with Crippen molar-refractivity contribution < 1.29 is 19.0 Å². The monoisotopic (exact) mass is 365 g/mol. The number of hydrogen-bond acceptors (Lipinski definition) is 7. The summed E-state index contributed by atoms with van der Waals surface area (Å²) < 4.78 is 16.2. The molecular weight excluding hydrogens is 346 g/mol. The van der Waals surface area contributed by atoms with Crippen LogP contribution < -0.4 is 15.5 Å². The SMILES string of the molecule is COc1c[nH]c(C(=O)N[C@@H]2COCC[C@@H]2OCc2cscn2)cc1=O. The van der Waals surface area contributed by atoms with Crippen LogP contribution >= 0.6 is 11.3 Å². The molecule has 2 atom stereocenters. The molecule has 8 nitrogen and oxygen atoms in total. The number of nitrogens with zero attached hydrogens (tertiary/aromatic N) is 1. The van der Waals surface area contributed by atoms with E-state index in [-0.39, 0.29) is 29.0 Å². The molecule has 2 N–H and O–H groups in total. The maximum Gasteiger partial charge on any atom is 0.268 e. The van der Waals surface area contributed by atoms with Crippen LogP contribution in [-0.4, -0.2) is 48.3 Å². The summed E-state index contributed by atoms with van der Waals surface area (Å²) in [5, 5.41) is 4.79. The molecule has 0 spiro atoms. The number of hydrogen-bond donors (Lipinski definition) is 2. The van der Waals surface area contributed by atoms with Gasteiger partial charge in [-0.25, -0.2) is 4.98 Å². The summed E-state index contributed by atoms with van der Waals surface area (Å²) in [6, 6.07) is 0.911. The number of pyridine rings is 1. The lowest BCUT2D eigenvalue weighted by Crippen LogP contribution is -2.50. The van der Waals surface area contributed by atoms with E-state index in [2.05, 4.69) is 15.3 Å². The number of amides is 1. The zero-order valence-corrected chi connectivity index (χ0v) is 14.5. The molecule has 3 heterocycles. The number of H-pyrrole nitrogens is 1. The largest absolute Gasteiger partial charge is 0.491 e. The predicted octanol–water partition coefficient (Wildman–Crippen LogP) is 0.944. The van der Waals surface area contributed by atoms with Crippen LogP contribution in [0.1, 0.15) is 22.6 Å². The van der Waals surface area contributed by atoms with Crippen LogP contribution in [0, 0.1) is 0 Å². The number of carbonyl (C=O) groups excluding carboxylic acids is 1. The minimum absolute atomic E-state index is 0.155. The fourth-order valence-electron chi connectivity index (χ4n) is 2.55. The van der Waals surface area contributed by atoms with E-state index in [4.69, 9.17) is 14.2 Å². The van der Waals surface area contributed by atoms with E-state index < -0.39 is 5.91 Å². The molecule has 0 aromatic carbocycles. The predicted molar refractivity (Wildman–Crippen MR) is 91.0 cm³/mol. The van der Waals surface area contributed by atoms with Gasteiger partial charge >= 0.3 is 0 Å². The number of aromatic amines is 1. The number of ether oxygens (including phenoxy) is 3. The topological polar surface area (TPSA) is 103 Å². The molecule has 2 aromatic heterocycles. The Hall–Kier alpha value is -2.23. The molecule has 9 heteroatoms. The van der Waals surface area contributed by atoms with Gasteiger partial charge in [-0.15, -0.1) is 11.3 Å². The zero-order chi connectivity index (χ0) is 17.6. The molecule has 1 aliphatic rings. The lowest BCUT2D eigenvalue weighted by Gasteiger charge is -2.31. The van der Waals surface area contributed by atoms with E-state index in [0.717, 1.165) is 5.69 Å². The molecule has 2 aromatic rings. The van der Waals surface area contributed by atoms with Crippen molar-refractivity contribution in [3.05, 3.63) is 44.8 Å². The summed E-state index contributed by atoms with van der Waals surface area (Å²) in [5.74, 6) is -0.237. The summed E-state index contributed by atoms with van der Waals surface area (Å²) in [6.07, 6.45) is 1.86. The molecule has 1 aliphatic heterocycles. The Kier molecular flexibility index (Phi) is 5.79. The quantitative estimate of drug-likeness (QED) is 0.790. The van der Waals surface area contributed by atoms with Crippen LogP contribution in [-0.2, 0) is 16.1 Å². The summed E-state index contributed by atoms with van der Waals surface area (Å²) in [5.41, 5.74) is 2.42. The van der Waals surface area contributed by atoms with Gasteiger partial charge in [0.25, 0.3) is 5.91 Å². The van der Waals surface area contributed by atoms with Gasteiger partial charge in [-0.1, -0.05) is 0 Å². The number of nitrogens with one attached hydrogen (secondary N) is 2. The van der Waals surface area contributed by atoms with Crippen molar-refractivity contribution in [3.8, 4) is 5.75 Å². The van der Waals surface area contributed by atoms with Gasteiger partial charge in [-0.05, 0) is 6.42 Å². The van der Waals surface area contributed by atoms with Gasteiger partial charge in [-0.2, -0.15) is 0 Å². The summed E-state index contributed by atoms with van der Waals surface area (Å²) in [7, 11) is 1.40. The molecular formula is C16H19N3O5S.